The molecule has 2 unspecified atom stereocenters. The maximum Gasteiger partial charge on any atom is 0.150 e. The van der Waals surface area contributed by atoms with Gasteiger partial charge in [0.15, 0.2) is 5.75 Å². The molecule has 2 atom stereocenters. The number of aromatic nitrogens is 1. The van der Waals surface area contributed by atoms with Gasteiger partial charge in [-0.2, -0.15) is 0 Å². The second-order valence-electron chi connectivity index (χ2n) is 5.95. The Hall–Kier alpha value is -1.85. The van der Waals surface area contributed by atoms with Crippen molar-refractivity contribution < 1.29 is 27.9 Å². The molecule has 0 spiro atoms. The Bertz CT molecular complexity index is 843. The van der Waals surface area contributed by atoms with Crippen LogP contribution >= 0.6 is 11.6 Å². The third-order valence-electron chi connectivity index (χ3n) is 4.23. The molecule has 0 aliphatic carbocycles. The number of nitrogens with zero attached hydrogens (tertiary/aromatic N) is 1. The summed E-state index contributed by atoms with van der Waals surface area (Å²) in [7, 11) is 0. The molecule has 4 N–H and O–H groups in total. The van der Waals surface area contributed by atoms with E-state index in [1.54, 1.807) is 6.07 Å². The van der Waals surface area contributed by atoms with Gasteiger partial charge in [-0.15, -0.1) is 0 Å². The summed E-state index contributed by atoms with van der Waals surface area (Å²) in [6.07, 6.45) is 0.963. The van der Waals surface area contributed by atoms with Gasteiger partial charge in [0, 0.05) is 11.6 Å². The number of hydrogen-bond donors (Lipinski definition) is 3. The molecule has 0 saturated carbocycles. The molecular weight excluding hydrogens is 359 g/mol. The Kier molecular flexibility index (Phi) is 6.62. The van der Waals surface area contributed by atoms with Gasteiger partial charge in [0.1, 0.15) is 24.2 Å². The lowest BCUT2D eigenvalue weighted by Crippen LogP contribution is -3.00. The molecule has 3 rings (SSSR count). The van der Waals surface area contributed by atoms with Gasteiger partial charge >= 0.3 is 0 Å². The molecule has 25 heavy (non-hydrogen) atoms. The first-order valence-corrected chi connectivity index (χ1v) is 8.26. The summed E-state index contributed by atoms with van der Waals surface area (Å²) >= 11 is 5.93. The van der Waals surface area contributed by atoms with Crippen molar-refractivity contribution in [1.82, 2.24) is 4.98 Å². The molecule has 2 aromatic carbocycles. The molecule has 3 aromatic rings. The van der Waals surface area contributed by atoms with Crippen LogP contribution in [-0.4, -0.2) is 21.2 Å². The van der Waals surface area contributed by atoms with E-state index < -0.39 is 6.10 Å². The highest BCUT2D eigenvalue weighted by molar-refractivity contribution is 6.31. The molecule has 0 radical (unpaired) electrons. The Morgan fingerprint density at radius 2 is 1.88 bits per heavy atom. The van der Waals surface area contributed by atoms with E-state index in [0.29, 0.717) is 17.1 Å². The SMILES string of the molecule is CC([NH2+]Cc1ccc2cc(Cl)cnc2c1O)C(O)c1ccccc1.[Cl-]. The minimum absolute atomic E-state index is 0. The van der Waals surface area contributed by atoms with E-state index in [1.807, 2.05) is 54.7 Å². The van der Waals surface area contributed by atoms with Gasteiger partial charge in [-0.3, -0.25) is 4.98 Å². The van der Waals surface area contributed by atoms with Gasteiger partial charge < -0.3 is 27.9 Å². The van der Waals surface area contributed by atoms with Gasteiger partial charge in [-0.05, 0) is 24.6 Å². The fourth-order valence-electron chi connectivity index (χ4n) is 2.76. The summed E-state index contributed by atoms with van der Waals surface area (Å²) < 4.78 is 0. The zero-order valence-electron chi connectivity index (χ0n) is 13.7. The van der Waals surface area contributed by atoms with Crippen molar-refractivity contribution >= 4 is 22.5 Å². The van der Waals surface area contributed by atoms with Crippen molar-refractivity contribution in [3.8, 4) is 5.75 Å². The molecule has 6 heteroatoms. The molecule has 0 aliphatic rings. The fraction of sp³-hybridized carbons (Fsp3) is 0.211. The van der Waals surface area contributed by atoms with Crippen LogP contribution in [0.15, 0.2) is 54.7 Å². The largest absolute Gasteiger partial charge is 1.00 e. The van der Waals surface area contributed by atoms with Gasteiger partial charge in [0.2, 0.25) is 0 Å². The average molecular weight is 379 g/mol. The lowest BCUT2D eigenvalue weighted by Gasteiger charge is -2.18. The van der Waals surface area contributed by atoms with Crippen LogP contribution in [0.2, 0.25) is 5.02 Å². The minimum Gasteiger partial charge on any atom is -1.00 e. The van der Waals surface area contributed by atoms with E-state index in [2.05, 4.69) is 4.98 Å². The van der Waals surface area contributed by atoms with E-state index >= 15 is 0 Å². The summed E-state index contributed by atoms with van der Waals surface area (Å²) in [4.78, 5) is 4.21. The number of phenolic OH excluding ortho intramolecular Hbond substituents is 1. The third-order valence-corrected chi connectivity index (χ3v) is 4.43. The van der Waals surface area contributed by atoms with E-state index in [4.69, 9.17) is 11.6 Å². The molecule has 1 heterocycles. The van der Waals surface area contributed by atoms with Gasteiger partial charge in [0.05, 0.1) is 10.6 Å². The predicted octanol–water partition coefficient (Wildman–Crippen LogP) is -0.217. The number of halogens is 2. The van der Waals surface area contributed by atoms with Gasteiger partial charge in [-0.25, -0.2) is 0 Å². The number of aliphatic hydroxyl groups excluding tert-OH is 1. The summed E-state index contributed by atoms with van der Waals surface area (Å²) in [5, 5.41) is 24.2. The standard InChI is InChI=1S/C19H19ClN2O2.ClH/c1-12(18(23)13-5-3-2-4-6-13)21-10-15-8-7-14-9-16(20)11-22-17(14)19(15)24;/h2-9,11-12,18,21,23-24H,10H2,1H3;1H. The van der Waals surface area contributed by atoms with Gasteiger partial charge in [0.25, 0.3) is 0 Å². The first-order valence-electron chi connectivity index (χ1n) is 7.88. The van der Waals surface area contributed by atoms with Crippen molar-refractivity contribution in [2.24, 2.45) is 0 Å². The monoisotopic (exact) mass is 378 g/mol. The molecule has 0 fully saturated rings. The zero-order chi connectivity index (χ0) is 17.1. The number of fused-ring (bicyclic) bond motifs is 1. The highest BCUT2D eigenvalue weighted by atomic mass is 35.5. The number of aromatic hydroxyl groups is 1. The molecule has 0 aliphatic heterocycles. The molecule has 0 bridgehead atoms. The first-order chi connectivity index (χ1) is 11.6. The van der Waals surface area contributed by atoms with Crippen molar-refractivity contribution in [1.29, 1.82) is 0 Å². The molecular formula is C19H20Cl2N2O2. The van der Waals surface area contributed by atoms with Crippen molar-refractivity contribution in [3.05, 3.63) is 70.9 Å². The number of rotatable bonds is 5. The van der Waals surface area contributed by atoms with Crippen LogP contribution in [0.3, 0.4) is 0 Å². The predicted molar refractivity (Wildman–Crippen MR) is 94.9 cm³/mol. The Labute approximate surface area is 157 Å². The second-order valence-corrected chi connectivity index (χ2v) is 6.39. The normalized spacial score (nSPS) is 13.2. The number of pyridine rings is 1. The van der Waals surface area contributed by atoms with Crippen LogP contribution in [0.1, 0.15) is 24.2 Å². The fourth-order valence-corrected chi connectivity index (χ4v) is 2.93. The molecule has 0 saturated heterocycles. The van der Waals surface area contributed by atoms with E-state index in [-0.39, 0.29) is 24.2 Å². The second kappa shape index (κ2) is 8.50. The number of benzene rings is 2. The lowest BCUT2D eigenvalue weighted by atomic mass is 10.0. The van der Waals surface area contributed by atoms with Crippen molar-refractivity contribution in [2.45, 2.75) is 25.6 Å². The minimum atomic E-state index is -0.564. The first kappa shape index (κ1) is 19.5. The van der Waals surface area contributed by atoms with Crippen LogP contribution in [0, 0.1) is 0 Å². The number of phenols is 1. The number of hydrogen-bond acceptors (Lipinski definition) is 3. The summed E-state index contributed by atoms with van der Waals surface area (Å²) in [6, 6.07) is 15.1. The molecule has 1 aromatic heterocycles. The van der Waals surface area contributed by atoms with Gasteiger partial charge in [-0.1, -0.05) is 48.0 Å². The molecule has 0 amide bonds. The molecule has 132 valence electrons. The van der Waals surface area contributed by atoms with Crippen LogP contribution in [-0.2, 0) is 6.54 Å². The average Bonchev–Trinajstić information content (AvgIpc) is 2.61. The zero-order valence-corrected chi connectivity index (χ0v) is 15.2. The molecule has 4 nitrogen and oxygen atoms in total. The Morgan fingerprint density at radius 3 is 2.60 bits per heavy atom. The Balaban J connectivity index is 0.00000225. The maximum atomic E-state index is 10.4. The van der Waals surface area contributed by atoms with E-state index in [0.717, 1.165) is 16.5 Å². The quantitative estimate of drug-likeness (QED) is 0.574. The number of quaternary nitrogens is 1. The number of aliphatic hydroxyl groups is 1. The van der Waals surface area contributed by atoms with E-state index in [9.17, 15) is 10.2 Å². The Morgan fingerprint density at radius 1 is 1.16 bits per heavy atom. The summed E-state index contributed by atoms with van der Waals surface area (Å²) in [5.41, 5.74) is 2.21. The van der Waals surface area contributed by atoms with Crippen LogP contribution in [0.5, 0.6) is 5.75 Å². The third kappa shape index (κ3) is 4.41. The van der Waals surface area contributed by atoms with Crippen LogP contribution < -0.4 is 17.7 Å². The topological polar surface area (TPSA) is 70.0 Å². The highest BCUT2D eigenvalue weighted by Crippen LogP contribution is 2.28. The highest BCUT2D eigenvalue weighted by Gasteiger charge is 2.20. The maximum absolute atomic E-state index is 10.4. The van der Waals surface area contributed by atoms with Crippen LogP contribution in [0.4, 0.5) is 0 Å². The number of nitrogens with two attached hydrogens (primary N) is 1. The lowest BCUT2D eigenvalue weighted by molar-refractivity contribution is -0.709. The van der Waals surface area contributed by atoms with Crippen molar-refractivity contribution in [2.75, 3.05) is 0 Å². The van der Waals surface area contributed by atoms with Crippen LogP contribution in [0.25, 0.3) is 10.9 Å². The van der Waals surface area contributed by atoms with E-state index in [1.165, 1.54) is 6.20 Å². The van der Waals surface area contributed by atoms with Crippen molar-refractivity contribution in [3.63, 3.8) is 0 Å². The summed E-state index contributed by atoms with van der Waals surface area (Å²) in [6.45, 7) is 2.52. The summed E-state index contributed by atoms with van der Waals surface area (Å²) in [5.74, 6) is 0.168. The smallest absolute Gasteiger partial charge is 0.150 e.